The van der Waals surface area contributed by atoms with Gasteiger partial charge >= 0.3 is 7.12 Å². The van der Waals surface area contributed by atoms with Gasteiger partial charge < -0.3 is 19.8 Å². The van der Waals surface area contributed by atoms with Crippen molar-refractivity contribution in [3.8, 4) is 0 Å². The van der Waals surface area contributed by atoms with Gasteiger partial charge in [0.05, 0.1) is 17.5 Å². The zero-order valence-electron chi connectivity index (χ0n) is 11.3. The van der Waals surface area contributed by atoms with E-state index in [0.29, 0.717) is 10.9 Å². The van der Waals surface area contributed by atoms with Crippen molar-refractivity contribution in [1.29, 1.82) is 0 Å². The Morgan fingerprint density at radius 3 is 2.86 bits per heavy atom. The molecule has 0 aliphatic rings. The first-order valence-corrected chi connectivity index (χ1v) is 6.91. The molecule has 1 heterocycles. The molecule has 21 heavy (non-hydrogen) atoms. The fourth-order valence-corrected chi connectivity index (χ4v) is 2.08. The van der Waals surface area contributed by atoms with E-state index in [2.05, 4.69) is 17.9 Å². The van der Waals surface area contributed by atoms with E-state index in [4.69, 9.17) is 4.42 Å². The summed E-state index contributed by atoms with van der Waals surface area (Å²) in [6.45, 7) is 1.57. The second kappa shape index (κ2) is 6.51. The fraction of sp³-hybridized carbons (Fsp3) is 0.308. The van der Waals surface area contributed by atoms with Crippen LogP contribution in [0.3, 0.4) is 0 Å². The maximum absolute atomic E-state index is 13.5. The van der Waals surface area contributed by atoms with Gasteiger partial charge in [-0.2, -0.15) is 12.6 Å². The van der Waals surface area contributed by atoms with E-state index in [1.807, 2.05) is 0 Å². The van der Waals surface area contributed by atoms with Crippen molar-refractivity contribution in [3.05, 3.63) is 35.8 Å². The number of carbonyl (C=O) groups is 1. The number of benzene rings is 1. The van der Waals surface area contributed by atoms with Gasteiger partial charge in [0.25, 0.3) is 0 Å². The summed E-state index contributed by atoms with van der Waals surface area (Å²) in [7, 11) is -1.75. The van der Waals surface area contributed by atoms with Gasteiger partial charge in [0, 0.05) is 5.39 Å². The second-order valence-corrected chi connectivity index (χ2v) is 5.56. The zero-order chi connectivity index (χ0) is 15.6. The Balaban J connectivity index is 2.23. The number of amides is 1. The van der Waals surface area contributed by atoms with Gasteiger partial charge in [-0.25, -0.2) is 4.39 Å². The predicted octanol–water partition coefficient (Wildman–Crippen LogP) is 0.929. The number of nitrogens with one attached hydrogen (secondary N) is 1. The zero-order valence-corrected chi connectivity index (χ0v) is 12.2. The molecule has 0 bridgehead atoms. The molecule has 0 fully saturated rings. The second-order valence-electron chi connectivity index (χ2n) is 4.79. The van der Waals surface area contributed by atoms with Crippen LogP contribution >= 0.6 is 12.6 Å². The lowest BCUT2D eigenvalue weighted by Crippen LogP contribution is -2.49. The maximum Gasteiger partial charge on any atom is 0.475 e. The molecule has 5 nitrogen and oxygen atoms in total. The molecule has 0 aliphatic heterocycles. The van der Waals surface area contributed by atoms with E-state index in [0.717, 1.165) is 0 Å². The number of thiol groups is 1. The number of hydrogen-bond donors (Lipinski definition) is 4. The van der Waals surface area contributed by atoms with Gasteiger partial charge in [0.15, 0.2) is 11.4 Å². The Labute approximate surface area is 126 Å². The van der Waals surface area contributed by atoms with Crippen molar-refractivity contribution in [2.75, 3.05) is 0 Å². The summed E-state index contributed by atoms with van der Waals surface area (Å²) >= 11 is 3.98. The van der Waals surface area contributed by atoms with Gasteiger partial charge in [-0.15, -0.1) is 0 Å². The van der Waals surface area contributed by atoms with Crippen LogP contribution in [0.2, 0.25) is 0 Å². The van der Waals surface area contributed by atoms with Crippen LogP contribution in [-0.2, 0) is 11.2 Å². The van der Waals surface area contributed by atoms with Crippen molar-refractivity contribution >= 4 is 36.6 Å². The summed E-state index contributed by atoms with van der Waals surface area (Å²) in [6, 6.07) is 4.48. The highest BCUT2D eigenvalue weighted by Gasteiger charge is 2.28. The molecule has 2 rings (SSSR count). The SMILES string of the molecule is CC(S)C(=O)N[C@@H](Cc1coc2c(F)cccc12)B(O)O. The van der Waals surface area contributed by atoms with Gasteiger partial charge in [0.1, 0.15) is 0 Å². The Bertz CT molecular complexity index is 646. The Morgan fingerprint density at radius 1 is 1.52 bits per heavy atom. The molecule has 0 saturated carbocycles. The summed E-state index contributed by atoms with van der Waals surface area (Å²) in [6.07, 6.45) is 1.44. The number of para-hydroxylation sites is 1. The summed E-state index contributed by atoms with van der Waals surface area (Å²) in [5.41, 5.74) is 0.683. The van der Waals surface area contributed by atoms with Crippen LogP contribution in [0.15, 0.2) is 28.9 Å². The Morgan fingerprint density at radius 2 is 2.24 bits per heavy atom. The predicted molar refractivity (Wildman–Crippen MR) is 80.4 cm³/mol. The van der Waals surface area contributed by atoms with Crippen molar-refractivity contribution in [2.45, 2.75) is 24.5 Å². The molecule has 1 unspecified atom stereocenters. The number of furan rings is 1. The van der Waals surface area contributed by atoms with Gasteiger partial charge in [0.2, 0.25) is 5.91 Å². The number of fused-ring (bicyclic) bond motifs is 1. The molecule has 0 spiro atoms. The standard InChI is InChI=1S/C13H15BFNO4S/c1-7(21)13(17)16-11(14(18)19)5-8-6-20-12-9(8)3-2-4-10(12)15/h2-4,6-7,11,18-19,21H,5H2,1H3,(H,16,17)/t7?,11-/m0/s1. The molecule has 3 N–H and O–H groups in total. The molecule has 2 atom stereocenters. The lowest BCUT2D eigenvalue weighted by molar-refractivity contribution is -0.120. The molecule has 1 amide bonds. The molecular formula is C13H15BFNO4S. The quantitative estimate of drug-likeness (QED) is 0.489. The number of hydrogen-bond acceptors (Lipinski definition) is 5. The number of halogens is 1. The van der Waals surface area contributed by atoms with Gasteiger partial charge in [-0.1, -0.05) is 12.1 Å². The third-order valence-corrected chi connectivity index (χ3v) is 3.37. The van der Waals surface area contributed by atoms with Crippen molar-refractivity contribution in [1.82, 2.24) is 5.32 Å². The van der Waals surface area contributed by atoms with Crippen LogP contribution in [0.25, 0.3) is 11.0 Å². The van der Waals surface area contributed by atoms with Crippen LogP contribution in [0.1, 0.15) is 12.5 Å². The Kier molecular flexibility index (Phi) is 4.92. The summed E-state index contributed by atoms with van der Waals surface area (Å²) in [5, 5.41) is 21.2. The summed E-state index contributed by atoms with van der Waals surface area (Å²) in [4.78, 5) is 11.6. The molecule has 8 heteroatoms. The molecule has 2 aromatic rings. The minimum atomic E-state index is -1.75. The average Bonchev–Trinajstić information content (AvgIpc) is 2.82. The van der Waals surface area contributed by atoms with E-state index >= 15 is 0 Å². The summed E-state index contributed by atoms with van der Waals surface area (Å²) in [5.74, 6) is -1.85. The maximum atomic E-state index is 13.5. The minimum absolute atomic E-state index is 0.0976. The third-order valence-electron chi connectivity index (χ3n) is 3.14. The average molecular weight is 311 g/mol. The number of carbonyl (C=O) groups excluding carboxylic acids is 1. The molecule has 1 aromatic carbocycles. The number of rotatable bonds is 5. The van der Waals surface area contributed by atoms with Crippen molar-refractivity contribution < 1.29 is 23.7 Å². The highest BCUT2D eigenvalue weighted by molar-refractivity contribution is 7.81. The van der Waals surface area contributed by atoms with Crippen molar-refractivity contribution in [3.63, 3.8) is 0 Å². The lowest BCUT2D eigenvalue weighted by atomic mass is 9.76. The van der Waals surface area contributed by atoms with E-state index in [9.17, 15) is 19.2 Å². The van der Waals surface area contributed by atoms with E-state index in [1.54, 1.807) is 13.0 Å². The van der Waals surface area contributed by atoms with E-state index < -0.39 is 30.0 Å². The molecule has 0 radical (unpaired) electrons. The molecular weight excluding hydrogens is 296 g/mol. The molecule has 0 saturated heterocycles. The highest BCUT2D eigenvalue weighted by atomic mass is 32.1. The first kappa shape index (κ1) is 15.9. The van der Waals surface area contributed by atoms with E-state index in [-0.39, 0.29) is 12.0 Å². The van der Waals surface area contributed by atoms with Crippen LogP contribution in [-0.4, -0.2) is 34.3 Å². The van der Waals surface area contributed by atoms with Crippen LogP contribution in [0, 0.1) is 5.82 Å². The largest absolute Gasteiger partial charge is 0.475 e. The minimum Gasteiger partial charge on any atom is -0.461 e. The lowest BCUT2D eigenvalue weighted by Gasteiger charge is -2.18. The first-order valence-electron chi connectivity index (χ1n) is 6.39. The highest BCUT2D eigenvalue weighted by Crippen LogP contribution is 2.24. The van der Waals surface area contributed by atoms with Crippen LogP contribution in [0.5, 0.6) is 0 Å². The van der Waals surface area contributed by atoms with Gasteiger partial charge in [-0.05, 0) is 25.0 Å². The third kappa shape index (κ3) is 3.58. The van der Waals surface area contributed by atoms with Crippen molar-refractivity contribution in [2.24, 2.45) is 0 Å². The smallest absolute Gasteiger partial charge is 0.461 e. The molecule has 112 valence electrons. The summed E-state index contributed by atoms with van der Waals surface area (Å²) < 4.78 is 18.7. The Hall–Kier alpha value is -1.51. The van der Waals surface area contributed by atoms with E-state index in [1.165, 1.54) is 18.4 Å². The fourth-order valence-electron chi connectivity index (χ4n) is 2.00. The molecule has 1 aromatic heterocycles. The van der Waals surface area contributed by atoms with Crippen LogP contribution in [0.4, 0.5) is 4.39 Å². The monoisotopic (exact) mass is 311 g/mol. The topological polar surface area (TPSA) is 82.7 Å². The van der Waals surface area contributed by atoms with Gasteiger partial charge in [-0.3, -0.25) is 4.79 Å². The molecule has 0 aliphatic carbocycles. The normalized spacial score (nSPS) is 14.0. The first-order chi connectivity index (χ1) is 9.90. The van der Waals surface area contributed by atoms with Crippen LogP contribution < -0.4 is 5.32 Å².